The van der Waals surface area contributed by atoms with Gasteiger partial charge in [-0.25, -0.2) is 0 Å². The van der Waals surface area contributed by atoms with Crippen LogP contribution in [0.2, 0.25) is 0 Å². The minimum absolute atomic E-state index is 0.0994. The third-order valence-corrected chi connectivity index (χ3v) is 5.06. The van der Waals surface area contributed by atoms with E-state index in [-0.39, 0.29) is 19.3 Å². The number of rotatable bonds is 3. The molecule has 2 heterocycles. The van der Waals surface area contributed by atoms with Gasteiger partial charge in [0.1, 0.15) is 24.0 Å². The van der Waals surface area contributed by atoms with E-state index in [1.54, 1.807) is 12.1 Å². The molecule has 0 radical (unpaired) electrons. The summed E-state index contributed by atoms with van der Waals surface area (Å²) in [6.45, 7) is 0.293. The molecule has 2 unspecified atom stereocenters. The van der Waals surface area contributed by atoms with Gasteiger partial charge in [0.05, 0.1) is 10.5 Å². The first-order valence-corrected chi connectivity index (χ1v) is 8.87. The second-order valence-corrected chi connectivity index (χ2v) is 6.83. The van der Waals surface area contributed by atoms with Crippen LogP contribution in [0.4, 0.5) is 0 Å². The van der Waals surface area contributed by atoms with E-state index in [4.69, 9.17) is 30.8 Å². The molecule has 2 aliphatic rings. The van der Waals surface area contributed by atoms with Crippen molar-refractivity contribution in [1.29, 1.82) is 10.7 Å². The Morgan fingerprint density at radius 3 is 2.70 bits per heavy atom. The molecular formula is C20H13BrN2O4. The summed E-state index contributed by atoms with van der Waals surface area (Å²) in [7, 11) is 0. The minimum atomic E-state index is -0.762. The van der Waals surface area contributed by atoms with Crippen molar-refractivity contribution in [3.63, 3.8) is 0 Å². The summed E-state index contributed by atoms with van der Waals surface area (Å²) in [6, 6.07) is 11.2. The fraction of sp³-hybridized carbons (Fsp3) is 0.200. The Labute approximate surface area is 164 Å². The summed E-state index contributed by atoms with van der Waals surface area (Å²) in [5.74, 6) is 3.43. The normalized spacial score (nSPS) is 19.4. The number of fused-ring (bicyclic) bond motifs is 2. The minimum Gasteiger partial charge on any atom is -0.480 e. The Bertz CT molecular complexity index is 1020. The molecule has 6 nitrogen and oxygen atoms in total. The highest BCUT2D eigenvalue weighted by Crippen LogP contribution is 2.48. The molecule has 134 valence electrons. The zero-order valence-electron chi connectivity index (χ0n) is 14.0. The molecule has 0 saturated heterocycles. The van der Waals surface area contributed by atoms with Crippen LogP contribution < -0.4 is 18.9 Å². The third-order valence-electron chi connectivity index (χ3n) is 4.44. The number of nitrogens with zero attached hydrogens (tertiary/aromatic N) is 1. The van der Waals surface area contributed by atoms with Gasteiger partial charge in [0.25, 0.3) is 0 Å². The van der Waals surface area contributed by atoms with Crippen molar-refractivity contribution in [3.8, 4) is 41.4 Å². The Hall–Kier alpha value is -3.16. The van der Waals surface area contributed by atoms with Crippen LogP contribution in [-0.4, -0.2) is 19.3 Å². The van der Waals surface area contributed by atoms with E-state index in [1.165, 1.54) is 0 Å². The first kappa shape index (κ1) is 17.3. The molecule has 7 heteroatoms. The van der Waals surface area contributed by atoms with Crippen LogP contribution in [0.1, 0.15) is 17.0 Å². The van der Waals surface area contributed by atoms with Gasteiger partial charge in [-0.05, 0) is 39.7 Å². The summed E-state index contributed by atoms with van der Waals surface area (Å²) in [4.78, 5) is 0. The van der Waals surface area contributed by atoms with E-state index in [2.05, 4.69) is 27.9 Å². The van der Waals surface area contributed by atoms with Crippen LogP contribution in [0, 0.1) is 35.0 Å². The van der Waals surface area contributed by atoms with Crippen LogP contribution >= 0.6 is 15.9 Å². The summed E-state index contributed by atoms with van der Waals surface area (Å²) < 4.78 is 22.6. The average molecular weight is 425 g/mol. The molecule has 2 atom stereocenters. The summed E-state index contributed by atoms with van der Waals surface area (Å²) in [5, 5.41) is 17.8. The number of terminal acetylenes is 1. The van der Waals surface area contributed by atoms with E-state index in [9.17, 15) is 5.26 Å². The molecule has 2 aromatic rings. The van der Waals surface area contributed by atoms with Crippen molar-refractivity contribution in [2.24, 2.45) is 5.92 Å². The fourth-order valence-corrected chi connectivity index (χ4v) is 3.75. The van der Waals surface area contributed by atoms with Gasteiger partial charge in [-0.15, -0.1) is 6.42 Å². The molecule has 1 N–H and O–H groups in total. The second-order valence-electron chi connectivity index (χ2n) is 5.98. The molecule has 0 aromatic heterocycles. The molecule has 4 rings (SSSR count). The lowest BCUT2D eigenvalue weighted by atomic mass is 9.79. The van der Waals surface area contributed by atoms with Gasteiger partial charge in [-0.1, -0.05) is 12.0 Å². The lowest BCUT2D eigenvalue weighted by Gasteiger charge is -2.30. The van der Waals surface area contributed by atoms with Crippen LogP contribution in [0.5, 0.6) is 23.0 Å². The van der Waals surface area contributed by atoms with Crippen LogP contribution in [-0.2, 0) is 0 Å². The first-order valence-electron chi connectivity index (χ1n) is 8.07. The zero-order valence-corrected chi connectivity index (χ0v) is 15.6. The van der Waals surface area contributed by atoms with Crippen molar-refractivity contribution < 1.29 is 18.9 Å². The number of hydrogen-bond acceptors (Lipinski definition) is 6. The number of halogens is 1. The van der Waals surface area contributed by atoms with Gasteiger partial charge in [0.15, 0.2) is 11.5 Å². The molecule has 0 spiro atoms. The number of hydrogen-bond donors (Lipinski definition) is 1. The number of nitriles is 1. The van der Waals surface area contributed by atoms with Crippen molar-refractivity contribution >= 4 is 21.8 Å². The zero-order chi connectivity index (χ0) is 19.0. The Balaban J connectivity index is 1.81. The molecular weight excluding hydrogens is 412 g/mol. The van der Waals surface area contributed by atoms with Gasteiger partial charge >= 0.3 is 0 Å². The van der Waals surface area contributed by atoms with Crippen molar-refractivity contribution in [2.75, 3.05) is 13.4 Å². The average Bonchev–Trinajstić information content (AvgIpc) is 3.11. The highest BCUT2D eigenvalue weighted by Gasteiger charge is 2.38. The van der Waals surface area contributed by atoms with Gasteiger partial charge < -0.3 is 18.9 Å². The molecule has 0 bridgehead atoms. The fourth-order valence-electron chi connectivity index (χ4n) is 3.24. The Morgan fingerprint density at radius 2 is 2.00 bits per heavy atom. The second kappa shape index (κ2) is 6.86. The maximum atomic E-state index is 9.67. The van der Waals surface area contributed by atoms with Crippen molar-refractivity contribution in [2.45, 2.75) is 5.92 Å². The summed E-state index contributed by atoms with van der Waals surface area (Å²) >= 11 is 3.48. The smallest absolute Gasteiger partial charge is 0.231 e. The van der Waals surface area contributed by atoms with Gasteiger partial charge in [-0.2, -0.15) is 5.26 Å². The predicted octanol–water partition coefficient (Wildman–Crippen LogP) is 3.83. The first-order chi connectivity index (χ1) is 13.1. The number of ether oxygens (including phenoxy) is 4. The van der Waals surface area contributed by atoms with Crippen LogP contribution in [0.15, 0.2) is 34.8 Å². The van der Waals surface area contributed by atoms with Crippen LogP contribution in [0.25, 0.3) is 0 Å². The van der Waals surface area contributed by atoms with Crippen molar-refractivity contribution in [1.82, 2.24) is 0 Å². The number of nitrogens with one attached hydrogen (secondary N) is 1. The lowest BCUT2D eigenvalue weighted by Crippen LogP contribution is -2.30. The molecule has 0 aliphatic carbocycles. The SMILES string of the molecule is C#CCOc1ccc(C2c3cc4c(cc3OC(=N)C2C#N)OCO4)cc1Br. The standard InChI is InChI=1S/C20H13BrN2O4/c1-2-5-24-15-4-3-11(6-14(15)21)19-12-7-17-18(26-10-25-17)8-16(12)27-20(23)13(19)9-22/h1,3-4,6-8,13,19,23H,5,10H2. The Kier molecular flexibility index (Phi) is 4.39. The molecule has 2 aliphatic heterocycles. The largest absolute Gasteiger partial charge is 0.480 e. The highest BCUT2D eigenvalue weighted by atomic mass is 79.9. The summed E-state index contributed by atoms with van der Waals surface area (Å²) in [6.07, 6.45) is 5.24. The predicted molar refractivity (Wildman–Crippen MR) is 100 cm³/mol. The molecule has 2 aromatic carbocycles. The van der Waals surface area contributed by atoms with Gasteiger partial charge in [-0.3, -0.25) is 5.41 Å². The maximum absolute atomic E-state index is 9.67. The number of benzene rings is 2. The van der Waals surface area contributed by atoms with Gasteiger partial charge in [0.2, 0.25) is 12.7 Å². The monoisotopic (exact) mass is 424 g/mol. The van der Waals surface area contributed by atoms with Crippen LogP contribution in [0.3, 0.4) is 0 Å². The van der Waals surface area contributed by atoms with Crippen molar-refractivity contribution in [3.05, 3.63) is 45.9 Å². The van der Waals surface area contributed by atoms with E-state index in [0.717, 1.165) is 11.1 Å². The molecule has 0 fully saturated rings. The van der Waals surface area contributed by atoms with E-state index in [1.807, 2.05) is 18.2 Å². The van der Waals surface area contributed by atoms with Gasteiger partial charge in [0, 0.05) is 17.5 Å². The molecule has 27 heavy (non-hydrogen) atoms. The topological polar surface area (TPSA) is 84.6 Å². The molecule has 0 amide bonds. The third kappa shape index (κ3) is 2.97. The summed E-state index contributed by atoms with van der Waals surface area (Å²) in [5.41, 5.74) is 1.61. The molecule has 0 saturated carbocycles. The Morgan fingerprint density at radius 1 is 1.22 bits per heavy atom. The van der Waals surface area contributed by atoms with E-state index < -0.39 is 11.8 Å². The van der Waals surface area contributed by atoms with E-state index in [0.29, 0.717) is 27.5 Å². The lowest BCUT2D eigenvalue weighted by molar-refractivity contribution is 0.174. The maximum Gasteiger partial charge on any atom is 0.231 e. The quantitative estimate of drug-likeness (QED) is 0.756. The highest BCUT2D eigenvalue weighted by molar-refractivity contribution is 9.10. The van der Waals surface area contributed by atoms with E-state index >= 15 is 0 Å².